The molecule has 40 heavy (non-hydrogen) atoms. The number of carbonyl (C=O) groups excluding carboxylic acids is 3. The molecule has 0 saturated carbocycles. The van der Waals surface area contributed by atoms with Gasteiger partial charge >= 0.3 is 6.03 Å². The monoisotopic (exact) mass is 583 g/mol. The fraction of sp³-hybridized carbons (Fsp3) is 0.321. The van der Waals surface area contributed by atoms with E-state index in [2.05, 4.69) is 22.5 Å². The van der Waals surface area contributed by atoms with E-state index in [1.807, 2.05) is 30.3 Å². The van der Waals surface area contributed by atoms with Crippen LogP contribution in [-0.2, 0) is 29.5 Å². The summed E-state index contributed by atoms with van der Waals surface area (Å²) in [7, 11) is 0.811. The zero-order valence-electron chi connectivity index (χ0n) is 22.9. The Morgan fingerprint density at radius 2 is 1.65 bits per heavy atom. The van der Waals surface area contributed by atoms with Crippen LogP contribution in [0.1, 0.15) is 43.6 Å². The smallest absolute Gasteiger partial charge is 0.323 e. The van der Waals surface area contributed by atoms with E-state index in [1.54, 1.807) is 0 Å². The van der Waals surface area contributed by atoms with Crippen LogP contribution in [0.2, 0.25) is 0 Å². The van der Waals surface area contributed by atoms with Gasteiger partial charge in [-0.2, -0.15) is 4.31 Å². The summed E-state index contributed by atoms with van der Waals surface area (Å²) in [4.78, 5) is 43.1. The highest BCUT2D eigenvalue weighted by Gasteiger charge is 2.30. The molecule has 2 heterocycles. The molecule has 0 unspecified atom stereocenters. The van der Waals surface area contributed by atoms with Crippen LogP contribution in [0.3, 0.4) is 0 Å². The van der Waals surface area contributed by atoms with E-state index in [1.165, 1.54) is 66.0 Å². The van der Waals surface area contributed by atoms with Crippen LogP contribution in [0.5, 0.6) is 0 Å². The number of nitrogens with zero attached hydrogens (tertiary/aromatic N) is 3. The van der Waals surface area contributed by atoms with Crippen molar-refractivity contribution in [3.05, 3.63) is 81.7 Å². The van der Waals surface area contributed by atoms with Crippen LogP contribution in [0.25, 0.3) is 0 Å². The van der Waals surface area contributed by atoms with Gasteiger partial charge in [-0.3, -0.25) is 19.8 Å². The minimum atomic E-state index is -3.77. The van der Waals surface area contributed by atoms with Gasteiger partial charge in [-0.1, -0.05) is 37.3 Å². The number of anilines is 1. The van der Waals surface area contributed by atoms with Crippen molar-refractivity contribution in [3.63, 3.8) is 0 Å². The molecule has 2 aromatic carbocycles. The van der Waals surface area contributed by atoms with Crippen molar-refractivity contribution in [2.24, 2.45) is 0 Å². The molecule has 4 amide bonds. The van der Waals surface area contributed by atoms with Gasteiger partial charge in [-0.15, -0.1) is 11.3 Å². The zero-order valence-corrected chi connectivity index (χ0v) is 24.6. The minimum Gasteiger partial charge on any atom is -0.331 e. The summed E-state index contributed by atoms with van der Waals surface area (Å²) in [6.07, 6.45) is 0.623. The number of fused-ring (bicyclic) bond motifs is 1. The van der Waals surface area contributed by atoms with Crippen LogP contribution in [-0.4, -0.2) is 74.6 Å². The van der Waals surface area contributed by atoms with Crippen LogP contribution < -0.4 is 10.6 Å². The van der Waals surface area contributed by atoms with Crippen molar-refractivity contribution in [2.45, 2.75) is 31.3 Å². The van der Waals surface area contributed by atoms with Crippen molar-refractivity contribution in [2.75, 3.05) is 39.5 Å². The Morgan fingerprint density at radius 1 is 0.975 bits per heavy atom. The largest absolute Gasteiger partial charge is 0.331 e. The number of benzene rings is 2. The van der Waals surface area contributed by atoms with Gasteiger partial charge in [0.15, 0.2) is 0 Å². The van der Waals surface area contributed by atoms with Crippen LogP contribution in [0, 0.1) is 0 Å². The normalized spacial score (nSPS) is 13.5. The summed E-state index contributed by atoms with van der Waals surface area (Å²) in [5, 5.41) is 5.57. The average molecular weight is 584 g/mol. The molecule has 10 nitrogen and oxygen atoms in total. The molecule has 0 radical (unpaired) electrons. The number of hydrogen-bond donors (Lipinski definition) is 2. The van der Waals surface area contributed by atoms with Crippen LogP contribution in [0.4, 0.5) is 9.80 Å². The van der Waals surface area contributed by atoms with E-state index in [0.29, 0.717) is 23.5 Å². The molecule has 0 atom stereocenters. The molecule has 1 aromatic heterocycles. The van der Waals surface area contributed by atoms with Gasteiger partial charge in [0.1, 0.15) is 5.00 Å². The first-order valence-electron chi connectivity index (χ1n) is 12.8. The number of likely N-dealkylation sites (N-methyl/N-ethyl adjacent to an activating group) is 1. The highest BCUT2D eigenvalue weighted by molar-refractivity contribution is 7.89. The second-order valence-electron chi connectivity index (χ2n) is 9.71. The molecule has 0 aliphatic carbocycles. The van der Waals surface area contributed by atoms with Gasteiger partial charge in [0.25, 0.3) is 11.8 Å². The molecule has 0 saturated heterocycles. The fourth-order valence-corrected chi connectivity index (χ4v) is 6.83. The maximum Gasteiger partial charge on any atom is 0.323 e. The van der Waals surface area contributed by atoms with Crippen molar-refractivity contribution in [1.82, 2.24) is 19.4 Å². The summed E-state index contributed by atoms with van der Waals surface area (Å²) < 4.78 is 27.4. The summed E-state index contributed by atoms with van der Waals surface area (Å²) in [6, 6.07) is 14.4. The molecule has 0 spiro atoms. The number of rotatable bonds is 8. The molecule has 1 aliphatic heterocycles. The summed E-state index contributed by atoms with van der Waals surface area (Å²) in [5.41, 5.74) is 2.22. The quantitative estimate of drug-likeness (QED) is 0.418. The third-order valence-electron chi connectivity index (χ3n) is 6.74. The number of amides is 4. The van der Waals surface area contributed by atoms with E-state index >= 15 is 0 Å². The molecular formula is C28H33N5O5S2. The van der Waals surface area contributed by atoms with Crippen molar-refractivity contribution >= 4 is 44.2 Å². The molecule has 1 aliphatic rings. The molecule has 12 heteroatoms. The van der Waals surface area contributed by atoms with E-state index in [-0.39, 0.29) is 17.0 Å². The zero-order chi connectivity index (χ0) is 29.0. The molecule has 0 fully saturated rings. The Hall–Kier alpha value is -3.58. The van der Waals surface area contributed by atoms with E-state index in [4.69, 9.17) is 0 Å². The molecule has 3 aromatic rings. The van der Waals surface area contributed by atoms with E-state index in [9.17, 15) is 22.8 Å². The third kappa shape index (κ3) is 6.41. The van der Waals surface area contributed by atoms with E-state index in [0.717, 1.165) is 29.1 Å². The Kier molecular flexibility index (Phi) is 9.04. The standard InChI is InChI=1S/C28H33N5O5S2/c1-5-33-16-15-22-23(18-33)39-27(24(22)26(35)30-28(36)31(2)3)29-25(34)20-11-13-21(14-12-20)40(37,38)32(4)17-19-9-7-6-8-10-19/h6-14H,5,15-18H2,1-4H3,(H,29,34)(H,30,35,36). The lowest BCUT2D eigenvalue weighted by Crippen LogP contribution is -2.39. The highest BCUT2D eigenvalue weighted by Crippen LogP contribution is 2.37. The van der Waals surface area contributed by atoms with Gasteiger partial charge in [-0.05, 0) is 48.4 Å². The van der Waals surface area contributed by atoms with Gasteiger partial charge in [0.2, 0.25) is 10.0 Å². The summed E-state index contributed by atoms with van der Waals surface area (Å²) >= 11 is 1.32. The van der Waals surface area contributed by atoms with Gasteiger partial charge in [0, 0.05) is 51.2 Å². The number of thiophene rings is 1. The van der Waals surface area contributed by atoms with Crippen molar-refractivity contribution in [1.29, 1.82) is 0 Å². The number of hydrogen-bond acceptors (Lipinski definition) is 7. The Balaban J connectivity index is 1.55. The van der Waals surface area contributed by atoms with Crippen LogP contribution in [0.15, 0.2) is 59.5 Å². The lowest BCUT2D eigenvalue weighted by Gasteiger charge is -2.25. The number of imide groups is 1. The topological polar surface area (TPSA) is 119 Å². The minimum absolute atomic E-state index is 0.0657. The average Bonchev–Trinajstić information content (AvgIpc) is 3.30. The SMILES string of the molecule is CCN1CCc2c(sc(NC(=O)c3ccc(S(=O)(=O)N(C)Cc4ccccc4)cc3)c2C(=O)NC(=O)N(C)C)C1. The fourth-order valence-electron chi connectivity index (χ4n) is 4.39. The maximum absolute atomic E-state index is 13.2. The third-order valence-corrected chi connectivity index (χ3v) is 9.69. The lowest BCUT2D eigenvalue weighted by molar-refractivity contribution is 0.0956. The Labute approximate surface area is 238 Å². The lowest BCUT2D eigenvalue weighted by atomic mass is 10.0. The number of sulfonamides is 1. The number of urea groups is 1. The second kappa shape index (κ2) is 12.3. The molecule has 212 valence electrons. The van der Waals surface area contributed by atoms with Crippen LogP contribution >= 0.6 is 11.3 Å². The Bertz CT molecular complexity index is 1500. The molecule has 0 bridgehead atoms. The number of nitrogens with one attached hydrogen (secondary N) is 2. The molecule has 2 N–H and O–H groups in total. The van der Waals surface area contributed by atoms with Gasteiger partial charge in [-0.25, -0.2) is 13.2 Å². The summed E-state index contributed by atoms with van der Waals surface area (Å²) in [5.74, 6) is -1.06. The first-order chi connectivity index (χ1) is 19.0. The first kappa shape index (κ1) is 29.4. The Morgan fingerprint density at radius 3 is 2.27 bits per heavy atom. The maximum atomic E-state index is 13.2. The predicted molar refractivity (Wildman–Crippen MR) is 155 cm³/mol. The first-order valence-corrected chi connectivity index (χ1v) is 15.1. The van der Waals surface area contributed by atoms with E-state index < -0.39 is 27.9 Å². The molecular weight excluding hydrogens is 550 g/mol. The summed E-state index contributed by atoms with van der Waals surface area (Å²) in [6.45, 7) is 4.55. The van der Waals surface area contributed by atoms with Crippen molar-refractivity contribution in [3.8, 4) is 0 Å². The highest BCUT2D eigenvalue weighted by atomic mass is 32.2. The predicted octanol–water partition coefficient (Wildman–Crippen LogP) is 3.61. The number of carbonyl (C=O) groups is 3. The molecule has 4 rings (SSSR count). The van der Waals surface area contributed by atoms with Gasteiger partial charge in [0.05, 0.1) is 10.5 Å². The second-order valence-corrected chi connectivity index (χ2v) is 12.9. The van der Waals surface area contributed by atoms with Crippen molar-refractivity contribution < 1.29 is 22.8 Å². The van der Waals surface area contributed by atoms with Gasteiger partial charge < -0.3 is 10.2 Å².